The Morgan fingerprint density at radius 3 is 2.55 bits per heavy atom. The van der Waals surface area contributed by atoms with Gasteiger partial charge in [-0.3, -0.25) is 4.79 Å². The summed E-state index contributed by atoms with van der Waals surface area (Å²) in [5.41, 5.74) is 4.75. The normalized spacial score (nSPS) is 19.6. The van der Waals surface area contributed by atoms with Gasteiger partial charge in [-0.1, -0.05) is 48.5 Å². The highest BCUT2D eigenvalue weighted by Gasteiger charge is 2.39. The zero-order valence-electron chi connectivity index (χ0n) is 23.7. The van der Waals surface area contributed by atoms with Gasteiger partial charge in [0.25, 0.3) is 0 Å². The van der Waals surface area contributed by atoms with E-state index in [-0.39, 0.29) is 12.0 Å². The van der Waals surface area contributed by atoms with Crippen LogP contribution in [0.15, 0.2) is 66.7 Å². The fraction of sp³-hybridized carbons (Fsp3) is 0.424. The van der Waals surface area contributed by atoms with E-state index in [0.29, 0.717) is 32.3 Å². The number of rotatable bonds is 12. The summed E-state index contributed by atoms with van der Waals surface area (Å²) >= 11 is 0. The van der Waals surface area contributed by atoms with E-state index < -0.39 is 5.41 Å². The Morgan fingerprint density at radius 1 is 0.925 bits per heavy atom. The molecule has 1 saturated heterocycles. The van der Waals surface area contributed by atoms with Crippen LogP contribution >= 0.6 is 0 Å². The van der Waals surface area contributed by atoms with Gasteiger partial charge in [0.2, 0.25) is 5.91 Å². The molecule has 2 N–H and O–H groups in total. The predicted molar refractivity (Wildman–Crippen MR) is 156 cm³/mol. The number of anilines is 1. The van der Waals surface area contributed by atoms with Crippen molar-refractivity contribution in [2.45, 2.75) is 57.3 Å². The SMILES string of the molecule is COc1ccccc1COCCCOc1ccc([C@H]2CCNC[C@@H]2OCc2cccc3c2NC(=O)C3(C)C)cc1. The van der Waals surface area contributed by atoms with Gasteiger partial charge in [0.1, 0.15) is 11.5 Å². The number of carbonyl (C=O) groups excluding carboxylic acids is 1. The predicted octanol–water partition coefficient (Wildman–Crippen LogP) is 5.57. The van der Waals surface area contributed by atoms with Crippen molar-refractivity contribution in [3.63, 3.8) is 0 Å². The van der Waals surface area contributed by atoms with Crippen LogP contribution in [0.2, 0.25) is 0 Å². The van der Waals surface area contributed by atoms with Crippen molar-refractivity contribution in [1.82, 2.24) is 5.32 Å². The summed E-state index contributed by atoms with van der Waals surface area (Å²) in [6.45, 7) is 7.89. The van der Waals surface area contributed by atoms with Crippen molar-refractivity contribution in [3.8, 4) is 11.5 Å². The van der Waals surface area contributed by atoms with Gasteiger partial charge in [0.05, 0.1) is 50.7 Å². The molecule has 0 unspecified atom stereocenters. The number of para-hydroxylation sites is 2. The van der Waals surface area contributed by atoms with Crippen LogP contribution in [0, 0.1) is 0 Å². The van der Waals surface area contributed by atoms with Gasteiger partial charge in [-0.15, -0.1) is 0 Å². The third-order valence-electron chi connectivity index (χ3n) is 7.97. The fourth-order valence-electron chi connectivity index (χ4n) is 5.53. The molecule has 2 aliphatic rings. The summed E-state index contributed by atoms with van der Waals surface area (Å²) in [5.74, 6) is 2.04. The van der Waals surface area contributed by atoms with E-state index in [4.69, 9.17) is 18.9 Å². The number of ether oxygens (including phenoxy) is 4. The molecule has 212 valence electrons. The second kappa shape index (κ2) is 12.9. The number of piperidine rings is 1. The quantitative estimate of drug-likeness (QED) is 0.290. The molecule has 3 aromatic rings. The van der Waals surface area contributed by atoms with Gasteiger partial charge < -0.3 is 29.6 Å². The van der Waals surface area contributed by atoms with Crippen molar-refractivity contribution in [1.29, 1.82) is 0 Å². The van der Waals surface area contributed by atoms with Crippen molar-refractivity contribution in [2.24, 2.45) is 0 Å². The molecule has 7 heteroatoms. The van der Waals surface area contributed by atoms with E-state index in [2.05, 4.69) is 22.8 Å². The minimum atomic E-state index is -0.520. The second-order valence-electron chi connectivity index (χ2n) is 11.0. The van der Waals surface area contributed by atoms with Gasteiger partial charge in [0, 0.05) is 30.0 Å². The molecular weight excluding hydrogens is 504 g/mol. The van der Waals surface area contributed by atoms with Crippen molar-refractivity contribution in [3.05, 3.63) is 89.0 Å². The Kier molecular flexibility index (Phi) is 9.04. The van der Waals surface area contributed by atoms with Crippen LogP contribution < -0.4 is 20.1 Å². The van der Waals surface area contributed by atoms with Crippen molar-refractivity contribution < 1.29 is 23.7 Å². The number of nitrogens with one attached hydrogen (secondary N) is 2. The zero-order chi connectivity index (χ0) is 28.0. The van der Waals surface area contributed by atoms with Crippen LogP contribution in [0.4, 0.5) is 5.69 Å². The summed E-state index contributed by atoms with van der Waals surface area (Å²) in [5, 5.41) is 6.55. The van der Waals surface area contributed by atoms with Gasteiger partial charge >= 0.3 is 0 Å². The molecule has 3 aromatic carbocycles. The smallest absolute Gasteiger partial charge is 0.234 e. The molecule has 1 amide bonds. The Bertz CT molecular complexity index is 1290. The Hall–Kier alpha value is -3.39. The third-order valence-corrected chi connectivity index (χ3v) is 7.97. The molecule has 40 heavy (non-hydrogen) atoms. The number of carbonyl (C=O) groups is 1. The average molecular weight is 545 g/mol. The van der Waals surface area contributed by atoms with E-state index in [9.17, 15) is 4.79 Å². The van der Waals surface area contributed by atoms with E-state index >= 15 is 0 Å². The largest absolute Gasteiger partial charge is 0.496 e. The number of hydrogen-bond acceptors (Lipinski definition) is 6. The van der Waals surface area contributed by atoms with Crippen LogP contribution in [0.1, 0.15) is 54.9 Å². The molecule has 0 aliphatic carbocycles. The average Bonchev–Trinajstić information content (AvgIpc) is 3.22. The summed E-state index contributed by atoms with van der Waals surface area (Å²) < 4.78 is 23.6. The molecular formula is C33H40N2O5. The minimum Gasteiger partial charge on any atom is -0.496 e. The Balaban J connectivity index is 1.10. The maximum Gasteiger partial charge on any atom is 0.234 e. The van der Waals surface area contributed by atoms with E-state index in [1.165, 1.54) is 5.56 Å². The first-order chi connectivity index (χ1) is 19.5. The first kappa shape index (κ1) is 28.1. The van der Waals surface area contributed by atoms with Crippen LogP contribution in [0.25, 0.3) is 0 Å². The maximum absolute atomic E-state index is 12.5. The molecule has 0 saturated carbocycles. The van der Waals surface area contributed by atoms with Crippen LogP contribution in [0.3, 0.4) is 0 Å². The van der Waals surface area contributed by atoms with Gasteiger partial charge in [0.15, 0.2) is 0 Å². The number of methoxy groups -OCH3 is 1. The first-order valence-electron chi connectivity index (χ1n) is 14.2. The second-order valence-corrected chi connectivity index (χ2v) is 11.0. The molecule has 2 aliphatic heterocycles. The molecule has 1 fully saturated rings. The summed E-state index contributed by atoms with van der Waals surface area (Å²) in [6.07, 6.45) is 1.86. The highest BCUT2D eigenvalue weighted by atomic mass is 16.5. The highest BCUT2D eigenvalue weighted by Crippen LogP contribution is 2.40. The summed E-state index contributed by atoms with van der Waals surface area (Å²) in [6, 6.07) is 22.4. The first-order valence-corrected chi connectivity index (χ1v) is 14.2. The fourth-order valence-corrected chi connectivity index (χ4v) is 5.53. The molecule has 0 bridgehead atoms. The molecule has 5 rings (SSSR count). The van der Waals surface area contributed by atoms with E-state index in [0.717, 1.165) is 59.8 Å². The molecule has 7 nitrogen and oxygen atoms in total. The summed E-state index contributed by atoms with van der Waals surface area (Å²) in [4.78, 5) is 12.5. The van der Waals surface area contributed by atoms with Crippen LogP contribution in [-0.4, -0.2) is 45.4 Å². The van der Waals surface area contributed by atoms with Gasteiger partial charge in [-0.2, -0.15) is 0 Å². The summed E-state index contributed by atoms with van der Waals surface area (Å²) in [7, 11) is 1.67. The Morgan fingerprint density at radius 2 is 1.73 bits per heavy atom. The minimum absolute atomic E-state index is 0.0369. The molecule has 0 aromatic heterocycles. The number of benzene rings is 3. The van der Waals surface area contributed by atoms with E-state index in [1.807, 2.05) is 68.4 Å². The van der Waals surface area contributed by atoms with Gasteiger partial charge in [-0.25, -0.2) is 0 Å². The lowest BCUT2D eigenvalue weighted by molar-refractivity contribution is -0.119. The van der Waals surface area contributed by atoms with Crippen LogP contribution in [0.5, 0.6) is 11.5 Å². The molecule has 2 heterocycles. The zero-order valence-corrected chi connectivity index (χ0v) is 23.7. The van der Waals surface area contributed by atoms with Crippen molar-refractivity contribution >= 4 is 11.6 Å². The lowest BCUT2D eigenvalue weighted by atomic mass is 9.85. The van der Waals surface area contributed by atoms with Gasteiger partial charge in [-0.05, 0) is 56.1 Å². The number of hydrogen-bond donors (Lipinski definition) is 2. The maximum atomic E-state index is 12.5. The lowest BCUT2D eigenvalue weighted by Crippen LogP contribution is -2.41. The Labute approximate surface area is 237 Å². The standard InChI is InChI=1S/C33H40N2O5/c1-33(2)28-10-6-9-25(31(28)35-32(33)36)22-40-30-20-34-17-16-27(30)23-12-14-26(15-13-23)39-19-7-18-38-21-24-8-4-5-11-29(24)37-3/h4-6,8-15,27,30,34H,7,16-22H2,1-3H3,(H,35,36)/t27-,30+/m1/s1. The third kappa shape index (κ3) is 6.33. The number of amides is 1. The van der Waals surface area contributed by atoms with Crippen LogP contribution in [-0.2, 0) is 32.9 Å². The molecule has 0 radical (unpaired) electrons. The molecule has 0 spiro atoms. The monoisotopic (exact) mass is 544 g/mol. The highest BCUT2D eigenvalue weighted by molar-refractivity contribution is 6.06. The molecule has 2 atom stereocenters. The van der Waals surface area contributed by atoms with Crippen molar-refractivity contribution in [2.75, 3.05) is 38.7 Å². The lowest BCUT2D eigenvalue weighted by Gasteiger charge is -2.33. The van der Waals surface area contributed by atoms with E-state index in [1.54, 1.807) is 7.11 Å². The number of fused-ring (bicyclic) bond motifs is 1. The topological polar surface area (TPSA) is 78.1 Å².